The van der Waals surface area contributed by atoms with Gasteiger partial charge in [0.25, 0.3) is 0 Å². The lowest BCUT2D eigenvalue weighted by atomic mass is 9.91. The van der Waals surface area contributed by atoms with Crippen LogP contribution in [0.5, 0.6) is 0 Å². The number of hydrogen-bond acceptors (Lipinski definition) is 4. The van der Waals surface area contributed by atoms with Gasteiger partial charge in [-0.05, 0) is 43.2 Å². The minimum absolute atomic E-state index is 0.0570. The quantitative estimate of drug-likeness (QED) is 0.390. The lowest BCUT2D eigenvalue weighted by molar-refractivity contribution is -0.196. The summed E-state index contributed by atoms with van der Waals surface area (Å²) in [6.45, 7) is 3.49. The van der Waals surface area contributed by atoms with Crippen LogP contribution >= 0.6 is 15.9 Å². The molecule has 0 bridgehead atoms. The first-order valence-corrected chi connectivity index (χ1v) is 11.4. The number of rotatable bonds is 6. The molecule has 0 atom stereocenters. The molecule has 4 N–H and O–H groups in total. The van der Waals surface area contributed by atoms with Crippen molar-refractivity contribution in [1.82, 2.24) is 0 Å². The van der Waals surface area contributed by atoms with Crippen LogP contribution in [0.2, 0.25) is 0 Å². The number of hydrogen-bond donors (Lipinski definition) is 4. The van der Waals surface area contributed by atoms with Gasteiger partial charge in [0.05, 0.1) is 17.1 Å². The van der Waals surface area contributed by atoms with E-state index >= 15 is 0 Å². The number of halogens is 2. The van der Waals surface area contributed by atoms with Crippen LogP contribution in [0, 0.1) is 11.7 Å². The molecule has 168 valence electrons. The number of aliphatic hydroxyl groups is 2. The number of para-hydroxylation sites is 1. The van der Waals surface area contributed by atoms with Gasteiger partial charge in [0.15, 0.2) is 0 Å². The average molecular weight is 494 g/mol. The standard InChI is InChI=1S/C23H29BrFN3O3/c1-15(2)23(30,31)28(17-8-4-3-5-9-17)21-13-12-16(24)14-20(21)27-22(29)26-19-11-7-6-10-18(19)25/h6-7,10-15,17,30-31H,3-5,8-9H2,1-2H3,(H2,26,27,29). The van der Waals surface area contributed by atoms with Crippen LogP contribution in [0.4, 0.5) is 26.2 Å². The predicted octanol–water partition coefficient (Wildman–Crippen LogP) is 5.67. The molecule has 2 amide bonds. The normalized spacial score (nSPS) is 15.1. The zero-order valence-electron chi connectivity index (χ0n) is 17.7. The molecule has 0 aromatic heterocycles. The average Bonchev–Trinajstić information content (AvgIpc) is 2.72. The molecule has 1 aliphatic carbocycles. The van der Waals surface area contributed by atoms with Gasteiger partial charge in [-0.2, -0.15) is 0 Å². The molecule has 1 saturated carbocycles. The van der Waals surface area contributed by atoms with Gasteiger partial charge in [-0.15, -0.1) is 0 Å². The highest BCUT2D eigenvalue weighted by atomic mass is 79.9. The molecule has 1 fully saturated rings. The fraction of sp³-hybridized carbons (Fsp3) is 0.435. The topological polar surface area (TPSA) is 84.8 Å². The van der Waals surface area contributed by atoms with Gasteiger partial charge in [-0.1, -0.05) is 61.2 Å². The van der Waals surface area contributed by atoms with Gasteiger partial charge in [0.2, 0.25) is 5.91 Å². The van der Waals surface area contributed by atoms with Crippen LogP contribution in [0.15, 0.2) is 46.9 Å². The van der Waals surface area contributed by atoms with Crippen LogP contribution < -0.4 is 15.5 Å². The summed E-state index contributed by atoms with van der Waals surface area (Å²) in [4.78, 5) is 14.2. The van der Waals surface area contributed by atoms with Crippen LogP contribution in [0.1, 0.15) is 46.0 Å². The van der Waals surface area contributed by atoms with Crippen molar-refractivity contribution >= 4 is 39.0 Å². The van der Waals surface area contributed by atoms with Crippen LogP contribution in [-0.2, 0) is 0 Å². The summed E-state index contributed by atoms with van der Waals surface area (Å²) in [5, 5.41) is 27.3. The van der Waals surface area contributed by atoms with Crippen molar-refractivity contribution in [3.05, 3.63) is 52.8 Å². The molecule has 31 heavy (non-hydrogen) atoms. The predicted molar refractivity (Wildman–Crippen MR) is 125 cm³/mol. The van der Waals surface area contributed by atoms with Gasteiger partial charge >= 0.3 is 6.03 Å². The fourth-order valence-electron chi connectivity index (χ4n) is 3.92. The van der Waals surface area contributed by atoms with E-state index in [1.54, 1.807) is 49.1 Å². The van der Waals surface area contributed by atoms with E-state index in [0.717, 1.165) is 32.1 Å². The van der Waals surface area contributed by atoms with Crippen molar-refractivity contribution in [3.8, 4) is 0 Å². The third kappa shape index (κ3) is 5.56. The third-order valence-electron chi connectivity index (χ3n) is 5.66. The Labute approximate surface area is 190 Å². The molecule has 0 heterocycles. The van der Waals surface area contributed by atoms with Crippen molar-refractivity contribution in [1.29, 1.82) is 0 Å². The molecule has 0 saturated heterocycles. The SMILES string of the molecule is CC(C)C(O)(O)N(c1ccc(Br)cc1NC(=O)Nc1ccccc1F)C1CCCCC1. The Balaban J connectivity index is 1.95. The fourth-order valence-corrected chi connectivity index (χ4v) is 4.28. The monoisotopic (exact) mass is 493 g/mol. The zero-order valence-corrected chi connectivity index (χ0v) is 19.3. The van der Waals surface area contributed by atoms with Gasteiger partial charge in [0, 0.05) is 16.4 Å². The highest BCUT2D eigenvalue weighted by molar-refractivity contribution is 9.10. The molecule has 8 heteroatoms. The first-order valence-electron chi connectivity index (χ1n) is 10.6. The Morgan fingerprint density at radius 1 is 1.10 bits per heavy atom. The zero-order chi connectivity index (χ0) is 22.6. The van der Waals surface area contributed by atoms with Crippen molar-refractivity contribution in [3.63, 3.8) is 0 Å². The summed E-state index contributed by atoms with van der Waals surface area (Å²) in [5.74, 6) is -3.12. The summed E-state index contributed by atoms with van der Waals surface area (Å²) in [6, 6.07) is 10.4. The number of carbonyl (C=O) groups excluding carboxylic acids is 1. The molecular weight excluding hydrogens is 465 g/mol. The first-order chi connectivity index (χ1) is 14.7. The number of nitrogens with zero attached hydrogens (tertiary/aromatic N) is 1. The van der Waals surface area contributed by atoms with E-state index in [0.29, 0.717) is 15.8 Å². The largest absolute Gasteiger partial charge is 0.349 e. The van der Waals surface area contributed by atoms with Gasteiger partial charge in [0.1, 0.15) is 5.82 Å². The summed E-state index contributed by atoms with van der Waals surface area (Å²) in [7, 11) is 0. The van der Waals surface area contributed by atoms with Gasteiger partial charge < -0.3 is 25.7 Å². The van der Waals surface area contributed by atoms with E-state index in [1.165, 1.54) is 12.1 Å². The van der Waals surface area contributed by atoms with E-state index in [4.69, 9.17) is 0 Å². The summed E-state index contributed by atoms with van der Waals surface area (Å²) in [5.41, 5.74) is 0.945. The van der Waals surface area contributed by atoms with Crippen molar-refractivity contribution in [2.45, 2.75) is 57.9 Å². The maximum absolute atomic E-state index is 13.9. The second kappa shape index (κ2) is 9.97. The molecule has 2 aromatic carbocycles. The Kier molecular flexibility index (Phi) is 7.56. The minimum atomic E-state index is -2.10. The Morgan fingerprint density at radius 3 is 2.39 bits per heavy atom. The summed E-state index contributed by atoms with van der Waals surface area (Å²) >= 11 is 3.41. The summed E-state index contributed by atoms with van der Waals surface area (Å²) in [6.07, 6.45) is 4.77. The van der Waals surface area contributed by atoms with Gasteiger partial charge in [-0.3, -0.25) is 0 Å². The lowest BCUT2D eigenvalue weighted by Crippen LogP contribution is -2.58. The lowest BCUT2D eigenvalue weighted by Gasteiger charge is -2.46. The molecule has 0 aliphatic heterocycles. The highest BCUT2D eigenvalue weighted by Gasteiger charge is 2.41. The van der Waals surface area contributed by atoms with Crippen LogP contribution in [0.25, 0.3) is 0 Å². The molecular formula is C23H29BrFN3O3. The smallest absolute Gasteiger partial charge is 0.323 e. The van der Waals surface area contributed by atoms with E-state index in [1.807, 2.05) is 0 Å². The van der Waals surface area contributed by atoms with Crippen molar-refractivity contribution in [2.24, 2.45) is 5.92 Å². The molecule has 1 aliphatic rings. The number of amides is 2. The van der Waals surface area contributed by atoms with Crippen molar-refractivity contribution in [2.75, 3.05) is 15.5 Å². The van der Waals surface area contributed by atoms with E-state index in [-0.39, 0.29) is 11.7 Å². The Bertz CT molecular complexity index is 917. The number of nitrogens with one attached hydrogen (secondary N) is 2. The number of carbonyl (C=O) groups is 1. The molecule has 0 radical (unpaired) electrons. The molecule has 6 nitrogen and oxygen atoms in total. The molecule has 2 aromatic rings. The molecule has 0 unspecified atom stereocenters. The van der Waals surface area contributed by atoms with Crippen molar-refractivity contribution < 1.29 is 19.4 Å². The molecule has 3 rings (SSSR count). The molecule has 0 spiro atoms. The Hall–Kier alpha value is -2.16. The number of benzene rings is 2. The Morgan fingerprint density at radius 2 is 1.74 bits per heavy atom. The first kappa shape index (κ1) is 23.5. The maximum atomic E-state index is 13.9. The summed E-state index contributed by atoms with van der Waals surface area (Å²) < 4.78 is 14.6. The maximum Gasteiger partial charge on any atom is 0.323 e. The second-order valence-electron chi connectivity index (χ2n) is 8.22. The number of anilines is 3. The van der Waals surface area contributed by atoms with E-state index < -0.39 is 23.7 Å². The van der Waals surface area contributed by atoms with Crippen LogP contribution in [-0.4, -0.2) is 28.2 Å². The van der Waals surface area contributed by atoms with E-state index in [2.05, 4.69) is 26.6 Å². The van der Waals surface area contributed by atoms with Gasteiger partial charge in [-0.25, -0.2) is 9.18 Å². The second-order valence-corrected chi connectivity index (χ2v) is 9.14. The number of urea groups is 1. The minimum Gasteiger partial charge on any atom is -0.349 e. The van der Waals surface area contributed by atoms with E-state index in [9.17, 15) is 19.4 Å². The van der Waals surface area contributed by atoms with Crippen LogP contribution in [0.3, 0.4) is 0 Å². The third-order valence-corrected chi connectivity index (χ3v) is 6.15. The highest BCUT2D eigenvalue weighted by Crippen LogP contribution is 2.39.